The molecule has 1 fully saturated rings. The Morgan fingerprint density at radius 3 is 2.38 bits per heavy atom. The number of rotatable bonds is 4. The second-order valence-corrected chi connectivity index (χ2v) is 7.81. The fourth-order valence-electron chi connectivity index (χ4n) is 3.35. The van der Waals surface area contributed by atoms with E-state index in [-0.39, 0.29) is 18.0 Å². The molecule has 6 heteroatoms. The highest BCUT2D eigenvalue weighted by Gasteiger charge is 2.28. The summed E-state index contributed by atoms with van der Waals surface area (Å²) >= 11 is 0. The molecule has 0 atom stereocenters. The summed E-state index contributed by atoms with van der Waals surface area (Å²) < 4.78 is 1.74. The van der Waals surface area contributed by atoms with Gasteiger partial charge in [-0.05, 0) is 39.7 Å². The molecule has 3 rings (SSSR count). The first kappa shape index (κ1) is 18.2. The zero-order valence-corrected chi connectivity index (χ0v) is 15.5. The Labute approximate surface area is 153 Å². The average molecular weight is 355 g/mol. The number of para-hydroxylation sites is 1. The Morgan fingerprint density at radius 1 is 1.08 bits per heavy atom. The lowest BCUT2D eigenvalue weighted by Gasteiger charge is -2.20. The van der Waals surface area contributed by atoms with Gasteiger partial charge in [0.05, 0.1) is 5.56 Å². The molecule has 0 aliphatic carbocycles. The van der Waals surface area contributed by atoms with Crippen LogP contribution < -0.4 is 5.32 Å². The Morgan fingerprint density at radius 2 is 1.73 bits per heavy atom. The van der Waals surface area contributed by atoms with Gasteiger partial charge in [-0.2, -0.15) is 0 Å². The third-order valence-corrected chi connectivity index (χ3v) is 4.45. The van der Waals surface area contributed by atoms with Crippen LogP contribution in [0.1, 0.15) is 44.0 Å². The molecule has 0 spiro atoms. The van der Waals surface area contributed by atoms with Crippen LogP contribution in [0.3, 0.4) is 0 Å². The molecule has 0 saturated carbocycles. The van der Waals surface area contributed by atoms with Crippen molar-refractivity contribution >= 4 is 28.5 Å². The van der Waals surface area contributed by atoms with Crippen LogP contribution in [-0.2, 0) is 16.1 Å². The van der Waals surface area contributed by atoms with E-state index in [1.807, 2.05) is 45.0 Å². The fourth-order valence-corrected chi connectivity index (χ4v) is 3.35. The van der Waals surface area contributed by atoms with Crippen molar-refractivity contribution in [1.29, 1.82) is 0 Å². The van der Waals surface area contributed by atoms with E-state index < -0.39 is 11.7 Å². The van der Waals surface area contributed by atoms with Gasteiger partial charge >= 0.3 is 0 Å². The maximum atomic E-state index is 12.8. The molecule has 2 heterocycles. The number of carbonyl (C=O) groups excluding carboxylic acids is 3. The molecule has 2 aromatic rings. The molecule has 1 aromatic heterocycles. The van der Waals surface area contributed by atoms with Crippen LogP contribution in [0.15, 0.2) is 30.5 Å². The molecule has 1 aliphatic heterocycles. The van der Waals surface area contributed by atoms with E-state index in [1.165, 1.54) is 0 Å². The van der Waals surface area contributed by atoms with E-state index in [9.17, 15) is 14.4 Å². The zero-order chi connectivity index (χ0) is 18.9. The first-order valence-corrected chi connectivity index (χ1v) is 8.99. The largest absolute Gasteiger partial charge is 0.350 e. The molecule has 1 aromatic carbocycles. The monoisotopic (exact) mass is 355 g/mol. The minimum Gasteiger partial charge on any atom is -0.350 e. The maximum Gasteiger partial charge on any atom is 0.295 e. The molecule has 1 N–H and O–H groups in total. The number of hydrogen-bond acceptors (Lipinski definition) is 3. The van der Waals surface area contributed by atoms with Gasteiger partial charge in [0, 0.05) is 35.7 Å². The van der Waals surface area contributed by atoms with Crippen LogP contribution in [0.4, 0.5) is 0 Å². The number of benzene rings is 1. The highest BCUT2D eigenvalue weighted by molar-refractivity contribution is 6.44. The van der Waals surface area contributed by atoms with Crippen molar-refractivity contribution in [3.05, 3.63) is 36.0 Å². The Hall–Kier alpha value is -2.63. The Kier molecular flexibility index (Phi) is 4.85. The van der Waals surface area contributed by atoms with Crippen LogP contribution in [0.25, 0.3) is 10.9 Å². The summed E-state index contributed by atoms with van der Waals surface area (Å²) in [5, 5.41) is 3.62. The minimum absolute atomic E-state index is 0.100. The number of likely N-dealkylation sites (tertiary alicyclic amines) is 1. The molecule has 2 amide bonds. The first-order valence-electron chi connectivity index (χ1n) is 8.99. The lowest BCUT2D eigenvalue weighted by Crippen LogP contribution is -2.42. The van der Waals surface area contributed by atoms with E-state index in [0.29, 0.717) is 24.0 Å². The molecule has 0 bridgehead atoms. The number of aromatic nitrogens is 1. The number of ketones is 1. The van der Waals surface area contributed by atoms with Crippen molar-refractivity contribution in [2.24, 2.45) is 0 Å². The van der Waals surface area contributed by atoms with Crippen molar-refractivity contribution in [1.82, 2.24) is 14.8 Å². The van der Waals surface area contributed by atoms with Gasteiger partial charge in [-0.15, -0.1) is 0 Å². The van der Waals surface area contributed by atoms with Gasteiger partial charge in [-0.1, -0.05) is 18.2 Å². The quantitative estimate of drug-likeness (QED) is 0.676. The molecule has 0 unspecified atom stereocenters. The van der Waals surface area contributed by atoms with Gasteiger partial charge < -0.3 is 14.8 Å². The van der Waals surface area contributed by atoms with Crippen molar-refractivity contribution in [3.8, 4) is 0 Å². The molecule has 1 saturated heterocycles. The summed E-state index contributed by atoms with van der Waals surface area (Å²) in [5.74, 6) is -1.09. The van der Waals surface area contributed by atoms with Crippen molar-refractivity contribution < 1.29 is 14.4 Å². The van der Waals surface area contributed by atoms with E-state index in [0.717, 1.165) is 18.4 Å². The molecule has 0 radical (unpaired) electrons. The summed E-state index contributed by atoms with van der Waals surface area (Å²) in [5.41, 5.74) is 0.805. The minimum atomic E-state index is -0.502. The Bertz CT molecular complexity index is 855. The summed E-state index contributed by atoms with van der Waals surface area (Å²) in [7, 11) is 0. The SMILES string of the molecule is CC(C)(C)NC(=O)Cn1cc(C(=O)C(=O)N2CCCC2)c2ccccc21. The zero-order valence-electron chi connectivity index (χ0n) is 15.5. The summed E-state index contributed by atoms with van der Waals surface area (Å²) in [6.07, 6.45) is 3.50. The molecule has 6 nitrogen and oxygen atoms in total. The second kappa shape index (κ2) is 6.94. The van der Waals surface area contributed by atoms with E-state index in [1.54, 1.807) is 15.7 Å². The lowest BCUT2D eigenvalue weighted by atomic mass is 10.1. The van der Waals surface area contributed by atoms with Crippen LogP contribution in [0.5, 0.6) is 0 Å². The summed E-state index contributed by atoms with van der Waals surface area (Å²) in [4.78, 5) is 39.2. The number of carbonyl (C=O) groups is 3. The highest BCUT2D eigenvalue weighted by Crippen LogP contribution is 2.23. The van der Waals surface area contributed by atoms with Crippen LogP contribution in [0.2, 0.25) is 0 Å². The van der Waals surface area contributed by atoms with Crippen molar-refractivity contribution in [2.45, 2.75) is 45.7 Å². The first-order chi connectivity index (χ1) is 12.3. The van der Waals surface area contributed by atoms with Gasteiger partial charge in [-0.25, -0.2) is 0 Å². The summed E-state index contributed by atoms with van der Waals surface area (Å²) in [6, 6.07) is 7.37. The van der Waals surface area contributed by atoms with Crippen molar-refractivity contribution in [3.63, 3.8) is 0 Å². The molecule has 138 valence electrons. The molecular formula is C20H25N3O3. The number of fused-ring (bicyclic) bond motifs is 1. The van der Waals surface area contributed by atoms with Gasteiger partial charge in [0.2, 0.25) is 5.91 Å². The number of nitrogens with one attached hydrogen (secondary N) is 1. The number of hydrogen-bond donors (Lipinski definition) is 1. The third-order valence-electron chi connectivity index (χ3n) is 4.45. The van der Waals surface area contributed by atoms with Gasteiger partial charge in [0.15, 0.2) is 0 Å². The molecule has 1 aliphatic rings. The smallest absolute Gasteiger partial charge is 0.295 e. The van der Waals surface area contributed by atoms with Crippen LogP contribution >= 0.6 is 0 Å². The van der Waals surface area contributed by atoms with E-state index in [2.05, 4.69) is 5.32 Å². The molecule has 26 heavy (non-hydrogen) atoms. The average Bonchev–Trinajstić information content (AvgIpc) is 3.20. The van der Waals surface area contributed by atoms with Gasteiger partial charge in [0.1, 0.15) is 6.54 Å². The molecular weight excluding hydrogens is 330 g/mol. The fraction of sp³-hybridized carbons (Fsp3) is 0.450. The normalized spacial score (nSPS) is 14.7. The third kappa shape index (κ3) is 3.79. The standard InChI is InChI=1S/C20H25N3O3/c1-20(2,3)21-17(24)13-23-12-15(14-8-4-5-9-16(14)23)18(25)19(26)22-10-6-7-11-22/h4-5,8-9,12H,6-7,10-11,13H2,1-3H3,(H,21,24). The maximum absolute atomic E-state index is 12.8. The highest BCUT2D eigenvalue weighted by atomic mass is 16.2. The van der Waals surface area contributed by atoms with E-state index >= 15 is 0 Å². The van der Waals surface area contributed by atoms with Crippen molar-refractivity contribution in [2.75, 3.05) is 13.1 Å². The second-order valence-electron chi connectivity index (χ2n) is 7.81. The predicted molar refractivity (Wildman–Crippen MR) is 100.0 cm³/mol. The van der Waals surface area contributed by atoms with Gasteiger partial charge in [0.25, 0.3) is 11.7 Å². The summed E-state index contributed by atoms with van der Waals surface area (Å²) in [6.45, 7) is 7.13. The number of nitrogens with zero attached hydrogens (tertiary/aromatic N) is 2. The Balaban J connectivity index is 1.91. The lowest BCUT2D eigenvalue weighted by molar-refractivity contribution is -0.125. The number of amides is 2. The van der Waals surface area contributed by atoms with Crippen LogP contribution in [0, 0.1) is 0 Å². The predicted octanol–water partition coefficient (Wildman–Crippen LogP) is 2.36. The number of Topliss-reactive ketones (excluding diaryl/α,β-unsaturated/α-hetero) is 1. The van der Waals surface area contributed by atoms with E-state index in [4.69, 9.17) is 0 Å². The van der Waals surface area contributed by atoms with Gasteiger partial charge in [-0.3, -0.25) is 14.4 Å². The topological polar surface area (TPSA) is 71.4 Å². The van der Waals surface area contributed by atoms with Crippen LogP contribution in [-0.4, -0.2) is 45.7 Å².